The van der Waals surface area contributed by atoms with Gasteiger partial charge in [0.25, 0.3) is 0 Å². The normalized spacial score (nSPS) is 20.8. The Morgan fingerprint density at radius 1 is 1.19 bits per heavy atom. The van der Waals surface area contributed by atoms with E-state index in [9.17, 15) is 5.11 Å². The summed E-state index contributed by atoms with van der Waals surface area (Å²) >= 11 is 3.43. The van der Waals surface area contributed by atoms with Gasteiger partial charge in [0.05, 0.1) is 0 Å². The van der Waals surface area contributed by atoms with Gasteiger partial charge in [0, 0.05) is 42.3 Å². The van der Waals surface area contributed by atoms with Crippen LogP contribution in [0.5, 0.6) is 5.75 Å². The van der Waals surface area contributed by atoms with E-state index >= 15 is 0 Å². The van der Waals surface area contributed by atoms with Crippen LogP contribution < -0.4 is 5.32 Å². The zero-order valence-electron chi connectivity index (χ0n) is 11.9. The molecule has 1 aliphatic heterocycles. The third kappa shape index (κ3) is 4.26. The fourth-order valence-electron chi connectivity index (χ4n) is 3.23. The highest BCUT2D eigenvalue weighted by atomic mass is 79.9. The largest absolute Gasteiger partial charge is 0.508 e. The molecule has 3 rings (SSSR count). The molecule has 1 heterocycles. The van der Waals surface area contributed by atoms with E-state index in [2.05, 4.69) is 32.2 Å². The Labute approximate surface area is 147 Å². The minimum atomic E-state index is 0. The Hall–Kier alpha value is -0.0000000000000000971. The van der Waals surface area contributed by atoms with Gasteiger partial charge in [-0.2, -0.15) is 0 Å². The molecule has 0 bridgehead atoms. The van der Waals surface area contributed by atoms with E-state index < -0.39 is 0 Å². The van der Waals surface area contributed by atoms with Crippen LogP contribution in [0.1, 0.15) is 30.9 Å². The summed E-state index contributed by atoms with van der Waals surface area (Å²) in [4.78, 5) is 2.54. The van der Waals surface area contributed by atoms with Crippen LogP contribution in [-0.4, -0.2) is 36.2 Å². The summed E-state index contributed by atoms with van der Waals surface area (Å²) in [5, 5.41) is 13.7. The zero-order valence-corrected chi connectivity index (χ0v) is 15.1. The van der Waals surface area contributed by atoms with Crippen molar-refractivity contribution < 1.29 is 5.11 Å². The zero-order chi connectivity index (χ0) is 13.2. The lowest BCUT2D eigenvalue weighted by molar-refractivity contribution is 0.0819. The predicted molar refractivity (Wildman–Crippen MR) is 94.8 cm³/mol. The predicted octanol–water partition coefficient (Wildman–Crippen LogP) is 3.74. The van der Waals surface area contributed by atoms with E-state index in [0.29, 0.717) is 17.7 Å². The number of nitrogens with one attached hydrogen (secondary N) is 1. The van der Waals surface area contributed by atoms with E-state index in [1.54, 1.807) is 0 Å². The van der Waals surface area contributed by atoms with Crippen molar-refractivity contribution in [3.8, 4) is 5.75 Å². The molecule has 6 heteroatoms. The van der Waals surface area contributed by atoms with Gasteiger partial charge in [0.15, 0.2) is 0 Å². The first kappa shape index (κ1) is 19.0. The molecule has 3 nitrogen and oxygen atoms in total. The molecule has 1 atom stereocenters. The molecule has 1 aromatic rings. The summed E-state index contributed by atoms with van der Waals surface area (Å²) in [6.45, 7) is 4.27. The maximum Gasteiger partial charge on any atom is 0.121 e. The molecule has 1 saturated heterocycles. The quantitative estimate of drug-likeness (QED) is 0.815. The van der Waals surface area contributed by atoms with Crippen LogP contribution in [0, 0.1) is 5.92 Å². The second-order valence-corrected chi connectivity index (χ2v) is 6.54. The molecule has 1 aliphatic carbocycles. The van der Waals surface area contributed by atoms with Gasteiger partial charge in [-0.05, 0) is 30.9 Å². The minimum Gasteiger partial charge on any atom is -0.508 e. The fourth-order valence-corrected chi connectivity index (χ4v) is 3.58. The molecular weight excluding hydrogens is 375 g/mol. The second kappa shape index (κ2) is 8.59. The van der Waals surface area contributed by atoms with Crippen LogP contribution in [0.3, 0.4) is 0 Å². The summed E-state index contributed by atoms with van der Waals surface area (Å²) in [6, 6.07) is 6.35. The van der Waals surface area contributed by atoms with E-state index in [-0.39, 0.29) is 24.8 Å². The van der Waals surface area contributed by atoms with Crippen molar-refractivity contribution in [2.24, 2.45) is 5.92 Å². The summed E-state index contributed by atoms with van der Waals surface area (Å²) < 4.78 is 0.946. The van der Waals surface area contributed by atoms with Crippen molar-refractivity contribution in [1.82, 2.24) is 10.2 Å². The number of hydrogen-bond acceptors (Lipinski definition) is 3. The summed E-state index contributed by atoms with van der Waals surface area (Å²) in [7, 11) is 0. The molecule has 120 valence electrons. The standard InChI is InChI=1S/C15H21BrN2O.2ClH/c16-12-4-5-13(14(19)10-12)15(11-2-1-3-11)18-8-6-17-7-9-18;;/h4-5,10-11,15,17,19H,1-3,6-9H2;2*1H/t15-;;/m1../s1. The lowest BCUT2D eigenvalue weighted by atomic mass is 9.76. The summed E-state index contributed by atoms with van der Waals surface area (Å²) in [6.07, 6.45) is 3.93. The van der Waals surface area contributed by atoms with Crippen molar-refractivity contribution in [3.63, 3.8) is 0 Å². The molecule has 0 unspecified atom stereocenters. The fraction of sp³-hybridized carbons (Fsp3) is 0.600. The minimum absolute atomic E-state index is 0. The maximum atomic E-state index is 10.3. The van der Waals surface area contributed by atoms with Crippen LogP contribution >= 0.6 is 40.7 Å². The number of aromatic hydroxyl groups is 1. The number of benzene rings is 1. The molecule has 1 aromatic carbocycles. The van der Waals surface area contributed by atoms with Crippen molar-refractivity contribution in [3.05, 3.63) is 28.2 Å². The average molecular weight is 398 g/mol. The van der Waals surface area contributed by atoms with Gasteiger partial charge in [-0.25, -0.2) is 0 Å². The van der Waals surface area contributed by atoms with Gasteiger partial charge in [0.2, 0.25) is 0 Å². The van der Waals surface area contributed by atoms with E-state index in [4.69, 9.17) is 0 Å². The molecule has 21 heavy (non-hydrogen) atoms. The SMILES string of the molecule is Cl.Cl.Oc1cc(Br)ccc1[C@@H](C1CCC1)N1CCNCC1. The number of halogens is 3. The van der Waals surface area contributed by atoms with Crippen LogP contribution in [0.4, 0.5) is 0 Å². The molecule has 2 N–H and O–H groups in total. The third-order valence-corrected chi connectivity index (χ3v) is 4.95. The number of nitrogens with zero attached hydrogens (tertiary/aromatic N) is 1. The molecular formula is C15H23BrCl2N2O. The Balaban J connectivity index is 0.00000110. The highest BCUT2D eigenvalue weighted by molar-refractivity contribution is 9.10. The Kier molecular flexibility index (Phi) is 7.79. The number of phenols is 1. The van der Waals surface area contributed by atoms with E-state index in [0.717, 1.165) is 36.2 Å². The lowest BCUT2D eigenvalue weighted by Crippen LogP contribution is -2.47. The number of phenolic OH excluding ortho intramolecular Hbond substituents is 1. The maximum absolute atomic E-state index is 10.3. The van der Waals surface area contributed by atoms with Gasteiger partial charge in [-0.3, -0.25) is 4.90 Å². The first-order valence-corrected chi connectivity index (χ1v) is 7.98. The first-order chi connectivity index (χ1) is 9.25. The van der Waals surface area contributed by atoms with Gasteiger partial charge < -0.3 is 10.4 Å². The molecule has 0 amide bonds. The highest BCUT2D eigenvalue weighted by Crippen LogP contribution is 2.44. The monoisotopic (exact) mass is 396 g/mol. The highest BCUT2D eigenvalue weighted by Gasteiger charge is 2.34. The van der Waals surface area contributed by atoms with E-state index in [1.165, 1.54) is 19.3 Å². The van der Waals surface area contributed by atoms with Gasteiger partial charge >= 0.3 is 0 Å². The lowest BCUT2D eigenvalue weighted by Gasteiger charge is -2.43. The summed E-state index contributed by atoms with van der Waals surface area (Å²) in [5.74, 6) is 1.15. The van der Waals surface area contributed by atoms with Crippen LogP contribution in [-0.2, 0) is 0 Å². The number of rotatable bonds is 3. The van der Waals surface area contributed by atoms with Crippen molar-refractivity contribution in [2.75, 3.05) is 26.2 Å². The summed E-state index contributed by atoms with van der Waals surface area (Å²) in [5.41, 5.74) is 1.11. The van der Waals surface area contributed by atoms with Gasteiger partial charge in [-0.15, -0.1) is 24.8 Å². The molecule has 0 radical (unpaired) electrons. The Morgan fingerprint density at radius 3 is 2.38 bits per heavy atom. The van der Waals surface area contributed by atoms with Crippen LogP contribution in [0.15, 0.2) is 22.7 Å². The van der Waals surface area contributed by atoms with Crippen molar-refractivity contribution >= 4 is 40.7 Å². The smallest absolute Gasteiger partial charge is 0.121 e. The molecule has 1 saturated carbocycles. The molecule has 0 aromatic heterocycles. The number of hydrogen-bond donors (Lipinski definition) is 2. The second-order valence-electron chi connectivity index (χ2n) is 5.62. The molecule has 2 fully saturated rings. The van der Waals surface area contributed by atoms with Gasteiger partial charge in [0.1, 0.15) is 5.75 Å². The Morgan fingerprint density at radius 2 is 1.86 bits per heavy atom. The molecule has 0 spiro atoms. The number of piperazine rings is 1. The van der Waals surface area contributed by atoms with Gasteiger partial charge in [-0.1, -0.05) is 28.4 Å². The molecule has 2 aliphatic rings. The van der Waals surface area contributed by atoms with Crippen molar-refractivity contribution in [2.45, 2.75) is 25.3 Å². The average Bonchev–Trinajstić information content (AvgIpc) is 2.35. The first-order valence-electron chi connectivity index (χ1n) is 7.19. The Bertz CT molecular complexity index is 451. The van der Waals surface area contributed by atoms with Crippen molar-refractivity contribution in [1.29, 1.82) is 0 Å². The third-order valence-electron chi connectivity index (χ3n) is 4.45. The van der Waals surface area contributed by atoms with E-state index in [1.807, 2.05) is 12.1 Å². The van der Waals surface area contributed by atoms with Crippen LogP contribution in [0.25, 0.3) is 0 Å². The van der Waals surface area contributed by atoms with Crippen LogP contribution in [0.2, 0.25) is 0 Å². The topological polar surface area (TPSA) is 35.5 Å².